The molecule has 0 saturated heterocycles. The fourth-order valence-corrected chi connectivity index (χ4v) is 5.37. The molecule has 2 N–H and O–H groups in total. The topological polar surface area (TPSA) is 138 Å². The van der Waals surface area contributed by atoms with E-state index in [1.165, 1.54) is 6.92 Å². The zero-order chi connectivity index (χ0) is 33.1. The van der Waals surface area contributed by atoms with E-state index in [9.17, 15) is 19.2 Å². The second-order valence-electron chi connectivity index (χ2n) is 11.1. The van der Waals surface area contributed by atoms with Crippen molar-refractivity contribution in [3.63, 3.8) is 0 Å². The molecular formula is C35H48N2O9. The maximum Gasteiger partial charge on any atom is 0.302 e. The lowest BCUT2D eigenvalue weighted by Crippen LogP contribution is -2.27. The number of Topliss-reactive ketones (excluding diaryl/α,β-unsaturated/α-hetero) is 1. The number of carbonyl (C=O) groups excluding carboxylic acids is 4. The largest absolute Gasteiger partial charge is 0.465 e. The molecule has 0 radical (unpaired) electrons. The first-order chi connectivity index (χ1) is 22.3. The number of ketones is 1. The maximum absolute atomic E-state index is 13.3. The van der Waals surface area contributed by atoms with Crippen molar-refractivity contribution in [1.29, 1.82) is 0 Å². The SMILES string of the molecule is COCCCOCCCC(=O)c1cccc2c1-c1ccc(NC(=O)CCCC(=O)NCCOCCCOC)cc1C2COC(C)=O. The Kier molecular flexibility index (Phi) is 16.4. The number of rotatable bonds is 23. The molecular weight excluding hydrogens is 592 g/mol. The summed E-state index contributed by atoms with van der Waals surface area (Å²) in [6, 6.07) is 11.2. The number of anilines is 1. The average molecular weight is 641 g/mol. The van der Waals surface area contributed by atoms with Gasteiger partial charge < -0.3 is 34.3 Å². The van der Waals surface area contributed by atoms with Gasteiger partial charge in [0.05, 0.1) is 6.61 Å². The van der Waals surface area contributed by atoms with E-state index < -0.39 is 5.97 Å². The summed E-state index contributed by atoms with van der Waals surface area (Å²) in [6.07, 6.45) is 3.39. The molecule has 0 saturated carbocycles. The summed E-state index contributed by atoms with van der Waals surface area (Å²) < 4.78 is 26.5. The van der Waals surface area contributed by atoms with E-state index in [4.69, 9.17) is 23.7 Å². The summed E-state index contributed by atoms with van der Waals surface area (Å²) in [5.41, 5.74) is 4.72. The van der Waals surface area contributed by atoms with Crippen LogP contribution in [0.1, 0.15) is 79.3 Å². The molecule has 0 aromatic heterocycles. The number of ether oxygens (including phenoxy) is 5. The molecule has 1 aliphatic carbocycles. The minimum atomic E-state index is -0.393. The van der Waals surface area contributed by atoms with E-state index in [0.29, 0.717) is 76.7 Å². The molecule has 11 nitrogen and oxygen atoms in total. The molecule has 0 heterocycles. The Morgan fingerprint density at radius 1 is 0.739 bits per heavy atom. The van der Waals surface area contributed by atoms with Crippen LogP contribution in [0, 0.1) is 0 Å². The first kappa shape index (κ1) is 36.8. The van der Waals surface area contributed by atoms with Gasteiger partial charge in [-0.15, -0.1) is 0 Å². The second kappa shape index (κ2) is 20.5. The number of esters is 1. The Morgan fingerprint density at radius 3 is 2.15 bits per heavy atom. The van der Waals surface area contributed by atoms with Gasteiger partial charge in [-0.05, 0) is 60.1 Å². The van der Waals surface area contributed by atoms with Gasteiger partial charge in [0.1, 0.15) is 6.61 Å². The summed E-state index contributed by atoms with van der Waals surface area (Å²) in [5, 5.41) is 5.72. The molecule has 1 unspecified atom stereocenters. The van der Waals surface area contributed by atoms with Gasteiger partial charge in [-0.1, -0.05) is 24.3 Å². The Bertz CT molecular complexity index is 1300. The number of benzene rings is 2. The van der Waals surface area contributed by atoms with Crippen molar-refractivity contribution in [3.05, 3.63) is 53.1 Å². The maximum atomic E-state index is 13.3. The van der Waals surface area contributed by atoms with E-state index in [1.54, 1.807) is 14.2 Å². The number of methoxy groups -OCH3 is 2. The molecule has 11 heteroatoms. The third kappa shape index (κ3) is 11.9. The zero-order valence-electron chi connectivity index (χ0n) is 27.3. The van der Waals surface area contributed by atoms with Gasteiger partial charge >= 0.3 is 5.97 Å². The van der Waals surface area contributed by atoms with Gasteiger partial charge in [-0.25, -0.2) is 0 Å². The van der Waals surface area contributed by atoms with Gasteiger partial charge in [0, 0.05) is 97.2 Å². The molecule has 0 fully saturated rings. The zero-order valence-corrected chi connectivity index (χ0v) is 27.3. The molecule has 0 aliphatic heterocycles. The Balaban J connectivity index is 1.59. The first-order valence-electron chi connectivity index (χ1n) is 16.0. The lowest BCUT2D eigenvalue weighted by molar-refractivity contribution is -0.141. The van der Waals surface area contributed by atoms with Crippen LogP contribution in [0.4, 0.5) is 5.69 Å². The average Bonchev–Trinajstić information content (AvgIpc) is 3.35. The number of amides is 2. The van der Waals surface area contributed by atoms with E-state index in [-0.39, 0.29) is 43.0 Å². The molecule has 252 valence electrons. The Morgan fingerprint density at radius 2 is 1.43 bits per heavy atom. The van der Waals surface area contributed by atoms with Crippen molar-refractivity contribution >= 4 is 29.3 Å². The fraction of sp³-hybridized carbons (Fsp3) is 0.543. The molecule has 2 amide bonds. The smallest absolute Gasteiger partial charge is 0.302 e. The number of fused-ring (bicyclic) bond motifs is 3. The standard InChI is InChI=1S/C35H48N2O9/c1-25(38)46-24-31-27-9-4-10-29(32(39)11-6-19-44-20-7-17-42-2)35(27)28-15-14-26(23-30(28)31)37-34(41)13-5-12-33(40)36-16-22-45-21-8-18-43-3/h4,9-10,14-15,23,31H,5-8,11-13,16-22,24H2,1-3H3,(H,36,40)(H,37,41). The minimum Gasteiger partial charge on any atom is -0.465 e. The summed E-state index contributed by atoms with van der Waals surface area (Å²) >= 11 is 0. The fourth-order valence-electron chi connectivity index (χ4n) is 5.37. The van der Waals surface area contributed by atoms with Crippen LogP contribution in [-0.2, 0) is 38.1 Å². The Hall–Kier alpha value is -3.64. The number of carbonyl (C=O) groups is 4. The van der Waals surface area contributed by atoms with Crippen LogP contribution in [0.25, 0.3) is 11.1 Å². The number of hydrogen-bond acceptors (Lipinski definition) is 9. The highest BCUT2D eigenvalue weighted by Crippen LogP contribution is 2.47. The molecule has 1 atom stereocenters. The molecule has 46 heavy (non-hydrogen) atoms. The highest BCUT2D eigenvalue weighted by atomic mass is 16.5. The van der Waals surface area contributed by atoms with Crippen LogP contribution in [0.2, 0.25) is 0 Å². The second-order valence-corrected chi connectivity index (χ2v) is 11.1. The van der Waals surface area contributed by atoms with Gasteiger partial charge in [0.2, 0.25) is 11.8 Å². The van der Waals surface area contributed by atoms with Crippen molar-refractivity contribution in [3.8, 4) is 11.1 Å². The summed E-state index contributed by atoms with van der Waals surface area (Å²) in [6.45, 7) is 5.27. The lowest BCUT2D eigenvalue weighted by Gasteiger charge is -2.15. The number of hydrogen-bond donors (Lipinski definition) is 2. The molecule has 0 spiro atoms. The lowest BCUT2D eigenvalue weighted by atomic mass is 9.93. The summed E-state index contributed by atoms with van der Waals surface area (Å²) in [4.78, 5) is 49.9. The van der Waals surface area contributed by atoms with Crippen LogP contribution < -0.4 is 10.6 Å². The molecule has 2 aromatic rings. The van der Waals surface area contributed by atoms with Crippen molar-refractivity contribution in [2.45, 2.75) is 57.8 Å². The van der Waals surface area contributed by atoms with Crippen LogP contribution in [0.15, 0.2) is 36.4 Å². The van der Waals surface area contributed by atoms with Crippen LogP contribution >= 0.6 is 0 Å². The van der Waals surface area contributed by atoms with Gasteiger partial charge in [-0.2, -0.15) is 0 Å². The summed E-state index contributed by atoms with van der Waals surface area (Å²) in [7, 11) is 3.29. The minimum absolute atomic E-state index is 0.0208. The third-order valence-electron chi connectivity index (χ3n) is 7.55. The van der Waals surface area contributed by atoms with E-state index in [0.717, 1.165) is 35.1 Å². The van der Waals surface area contributed by atoms with Crippen LogP contribution in [-0.4, -0.2) is 90.6 Å². The van der Waals surface area contributed by atoms with Gasteiger partial charge in [-0.3, -0.25) is 19.2 Å². The normalized spacial score (nSPS) is 13.2. The Labute approximate surface area is 271 Å². The predicted molar refractivity (Wildman–Crippen MR) is 174 cm³/mol. The quantitative estimate of drug-likeness (QED) is 0.101. The predicted octanol–water partition coefficient (Wildman–Crippen LogP) is 4.66. The van der Waals surface area contributed by atoms with Crippen LogP contribution in [0.5, 0.6) is 0 Å². The first-order valence-corrected chi connectivity index (χ1v) is 16.0. The van der Waals surface area contributed by atoms with Crippen molar-refractivity contribution in [2.24, 2.45) is 0 Å². The highest BCUT2D eigenvalue weighted by molar-refractivity contribution is 6.05. The van der Waals surface area contributed by atoms with Crippen molar-refractivity contribution < 1.29 is 42.9 Å². The van der Waals surface area contributed by atoms with Gasteiger partial charge in [0.25, 0.3) is 0 Å². The molecule has 0 bridgehead atoms. The van der Waals surface area contributed by atoms with E-state index >= 15 is 0 Å². The van der Waals surface area contributed by atoms with Crippen molar-refractivity contribution in [2.75, 3.05) is 72.3 Å². The number of nitrogens with one attached hydrogen (secondary N) is 2. The van der Waals surface area contributed by atoms with Crippen molar-refractivity contribution in [1.82, 2.24) is 5.32 Å². The molecule has 1 aliphatic rings. The van der Waals surface area contributed by atoms with E-state index in [1.807, 2.05) is 36.4 Å². The summed E-state index contributed by atoms with van der Waals surface area (Å²) in [5.74, 6) is -0.989. The molecule has 2 aromatic carbocycles. The highest BCUT2D eigenvalue weighted by Gasteiger charge is 2.33. The molecule has 3 rings (SSSR count). The van der Waals surface area contributed by atoms with Crippen LogP contribution in [0.3, 0.4) is 0 Å². The monoisotopic (exact) mass is 640 g/mol. The van der Waals surface area contributed by atoms with Gasteiger partial charge in [0.15, 0.2) is 5.78 Å². The van der Waals surface area contributed by atoms with E-state index in [2.05, 4.69) is 10.6 Å². The third-order valence-corrected chi connectivity index (χ3v) is 7.55.